The van der Waals surface area contributed by atoms with Crippen LogP contribution in [0.3, 0.4) is 0 Å². The number of ether oxygens (including phenoxy) is 5. The molecule has 268 valence electrons. The number of carbonyl (C=O) groups excluding carboxylic acids is 1. The Hall–Kier alpha value is -6.13. The molecule has 1 fully saturated rings. The summed E-state index contributed by atoms with van der Waals surface area (Å²) < 4.78 is 33.8. The van der Waals surface area contributed by atoms with E-state index in [-0.39, 0.29) is 31.4 Å². The van der Waals surface area contributed by atoms with Crippen molar-refractivity contribution in [3.8, 4) is 17.6 Å². The molecule has 53 heavy (non-hydrogen) atoms. The number of amides is 1. The fourth-order valence-corrected chi connectivity index (χ4v) is 6.82. The second-order valence-corrected chi connectivity index (χ2v) is 12.3. The van der Waals surface area contributed by atoms with E-state index in [1.165, 1.54) is 6.33 Å². The van der Waals surface area contributed by atoms with E-state index >= 15 is 0 Å². The Morgan fingerprint density at radius 1 is 0.906 bits per heavy atom. The number of nitrogens with zero attached hydrogens (tertiary/aromatic N) is 5. The van der Waals surface area contributed by atoms with E-state index in [0.29, 0.717) is 34.6 Å². The van der Waals surface area contributed by atoms with Gasteiger partial charge in [0.25, 0.3) is 5.91 Å². The van der Waals surface area contributed by atoms with Gasteiger partial charge in [-0.1, -0.05) is 91.0 Å². The molecule has 1 amide bonds. The van der Waals surface area contributed by atoms with Crippen molar-refractivity contribution in [1.82, 2.24) is 19.5 Å². The van der Waals surface area contributed by atoms with Gasteiger partial charge in [0, 0.05) is 17.5 Å². The number of aromatic nitrogens is 4. The van der Waals surface area contributed by atoms with Crippen molar-refractivity contribution in [3.05, 3.63) is 144 Å². The number of methoxy groups -OCH3 is 2. The molecule has 3 heterocycles. The predicted molar refractivity (Wildman–Crippen MR) is 196 cm³/mol. The van der Waals surface area contributed by atoms with Crippen molar-refractivity contribution in [2.24, 2.45) is 0 Å². The Morgan fingerprint density at radius 3 is 2.26 bits per heavy atom. The van der Waals surface area contributed by atoms with E-state index < -0.39 is 24.0 Å². The topological polar surface area (TPSA) is 143 Å². The standard InChI is InChI=1S/C41H38N6O6/c1-49-32-21-12-20-31(37(32)50-2)41(29-16-8-4-9-17-29,30-18-10-5-11-19-30)52-25-34-33(51-23-13-22-42)24-35(53-34)47-27-45-36-38(43-26-44-39(36)47)46-40(48)28-14-6-3-7-15-28/h3-12,14-21,26-27,33-35H,13,23-25H2,1-2H3,(H,43,44,46,48)/t33-,34+,35+/m0/s1. The second-order valence-electron chi connectivity index (χ2n) is 12.3. The van der Waals surface area contributed by atoms with Crippen LogP contribution in [-0.2, 0) is 19.8 Å². The van der Waals surface area contributed by atoms with Crippen LogP contribution in [0.1, 0.15) is 46.1 Å². The number of hydrogen-bond acceptors (Lipinski definition) is 10. The Labute approximate surface area is 306 Å². The third-order valence-corrected chi connectivity index (χ3v) is 9.27. The normalized spacial score (nSPS) is 17.0. The highest BCUT2D eigenvalue weighted by Gasteiger charge is 2.44. The molecule has 6 aromatic rings. The minimum absolute atomic E-state index is 0.0951. The zero-order valence-electron chi connectivity index (χ0n) is 29.3. The zero-order valence-corrected chi connectivity index (χ0v) is 29.3. The molecule has 1 aliphatic heterocycles. The van der Waals surface area contributed by atoms with Crippen LogP contribution in [0.5, 0.6) is 11.5 Å². The first-order valence-corrected chi connectivity index (χ1v) is 17.2. The van der Waals surface area contributed by atoms with Crippen LogP contribution in [0.15, 0.2) is 122 Å². The maximum Gasteiger partial charge on any atom is 0.256 e. The number of rotatable bonds is 14. The summed E-state index contributed by atoms with van der Waals surface area (Å²) in [6.45, 7) is 0.320. The third kappa shape index (κ3) is 7.05. The molecule has 2 aromatic heterocycles. The number of benzene rings is 4. The van der Waals surface area contributed by atoms with Crippen LogP contribution in [-0.4, -0.2) is 65.1 Å². The fraction of sp³-hybridized carbons (Fsp3) is 0.244. The maximum atomic E-state index is 13.0. The predicted octanol–water partition coefficient (Wildman–Crippen LogP) is 6.69. The van der Waals surface area contributed by atoms with Gasteiger partial charge in [0.1, 0.15) is 24.3 Å². The van der Waals surface area contributed by atoms with Gasteiger partial charge in [0.15, 0.2) is 28.5 Å². The number of hydrogen-bond donors (Lipinski definition) is 1. The minimum Gasteiger partial charge on any atom is -0.493 e. The molecule has 3 atom stereocenters. The quantitative estimate of drug-likeness (QED) is 0.0960. The average molecular weight is 711 g/mol. The van der Waals surface area contributed by atoms with Gasteiger partial charge in [-0.15, -0.1) is 0 Å². The lowest BCUT2D eigenvalue weighted by molar-refractivity contribution is -0.103. The molecule has 7 rings (SSSR count). The minimum atomic E-state index is -1.16. The van der Waals surface area contributed by atoms with Crippen molar-refractivity contribution < 1.29 is 28.5 Å². The summed E-state index contributed by atoms with van der Waals surface area (Å²) in [4.78, 5) is 26.4. The largest absolute Gasteiger partial charge is 0.493 e. The second kappa shape index (κ2) is 16.0. The summed E-state index contributed by atoms with van der Waals surface area (Å²) in [5.74, 6) is 1.07. The highest BCUT2D eigenvalue weighted by molar-refractivity contribution is 6.06. The Balaban J connectivity index is 1.24. The third-order valence-electron chi connectivity index (χ3n) is 9.27. The van der Waals surface area contributed by atoms with Gasteiger partial charge in [-0.05, 0) is 29.3 Å². The van der Waals surface area contributed by atoms with E-state index in [2.05, 4.69) is 26.3 Å². The smallest absolute Gasteiger partial charge is 0.256 e. The molecular weight excluding hydrogens is 672 g/mol. The van der Waals surface area contributed by atoms with E-state index in [4.69, 9.17) is 23.7 Å². The molecule has 4 aromatic carbocycles. The van der Waals surface area contributed by atoms with Crippen LogP contribution in [0.25, 0.3) is 11.2 Å². The zero-order chi connectivity index (χ0) is 36.6. The van der Waals surface area contributed by atoms with Gasteiger partial charge < -0.3 is 29.0 Å². The fourth-order valence-electron chi connectivity index (χ4n) is 6.82. The summed E-state index contributed by atoms with van der Waals surface area (Å²) in [6, 6.07) is 36.7. The van der Waals surface area contributed by atoms with Crippen LogP contribution >= 0.6 is 0 Å². The number of nitrogens with one attached hydrogen (secondary N) is 1. The lowest BCUT2D eigenvalue weighted by atomic mass is 9.79. The lowest BCUT2D eigenvalue weighted by Gasteiger charge is -2.38. The van der Waals surface area contributed by atoms with E-state index in [1.807, 2.05) is 89.5 Å². The van der Waals surface area contributed by atoms with Crippen LogP contribution in [0, 0.1) is 11.3 Å². The van der Waals surface area contributed by atoms with Crippen LogP contribution < -0.4 is 14.8 Å². The first-order chi connectivity index (χ1) is 26.1. The van der Waals surface area contributed by atoms with Crippen molar-refractivity contribution in [1.29, 1.82) is 5.26 Å². The summed E-state index contributed by atoms with van der Waals surface area (Å²) in [6.07, 6.45) is 2.08. The van der Waals surface area contributed by atoms with Crippen LogP contribution in [0.4, 0.5) is 5.82 Å². The summed E-state index contributed by atoms with van der Waals surface area (Å²) >= 11 is 0. The Morgan fingerprint density at radius 2 is 1.60 bits per heavy atom. The summed E-state index contributed by atoms with van der Waals surface area (Å²) in [5, 5.41) is 12.2. The van der Waals surface area contributed by atoms with Crippen LogP contribution in [0.2, 0.25) is 0 Å². The molecule has 12 nitrogen and oxygen atoms in total. The molecule has 0 unspecified atom stereocenters. The van der Waals surface area contributed by atoms with Crippen molar-refractivity contribution in [3.63, 3.8) is 0 Å². The lowest BCUT2D eigenvalue weighted by Crippen LogP contribution is -2.39. The van der Waals surface area contributed by atoms with Crippen molar-refractivity contribution >= 4 is 22.9 Å². The van der Waals surface area contributed by atoms with E-state index in [9.17, 15) is 10.1 Å². The van der Waals surface area contributed by atoms with E-state index in [1.54, 1.807) is 44.8 Å². The SMILES string of the molecule is COc1cccc(C(OC[C@H]2O[C@@H](n3cnc4c(NC(=O)c5ccccc5)ncnc43)C[C@@H]2OCCC#N)(c2ccccc2)c2ccccc2)c1OC. The van der Waals surface area contributed by atoms with Gasteiger partial charge in [0.05, 0.1) is 52.4 Å². The number of carbonyl (C=O) groups is 1. The van der Waals surface area contributed by atoms with Gasteiger partial charge in [-0.3, -0.25) is 9.36 Å². The molecule has 1 saturated heterocycles. The van der Waals surface area contributed by atoms with Crippen molar-refractivity contribution in [2.75, 3.05) is 32.8 Å². The maximum absolute atomic E-state index is 13.0. The molecule has 0 aliphatic carbocycles. The summed E-state index contributed by atoms with van der Waals surface area (Å²) in [7, 11) is 3.22. The molecule has 1 N–H and O–H groups in total. The number of anilines is 1. The number of nitriles is 1. The first-order valence-electron chi connectivity index (χ1n) is 17.2. The van der Waals surface area contributed by atoms with Crippen molar-refractivity contribution in [2.45, 2.75) is 36.9 Å². The molecule has 1 aliphatic rings. The van der Waals surface area contributed by atoms with Gasteiger partial charge in [-0.2, -0.15) is 5.26 Å². The monoisotopic (exact) mass is 710 g/mol. The number of para-hydroxylation sites is 1. The molecule has 0 saturated carbocycles. The molecule has 0 spiro atoms. The molecular formula is C41H38N6O6. The van der Waals surface area contributed by atoms with Gasteiger partial charge >= 0.3 is 0 Å². The Bertz CT molecular complexity index is 2150. The Kier molecular flexibility index (Phi) is 10.7. The van der Waals surface area contributed by atoms with E-state index in [0.717, 1.165) is 16.7 Å². The number of fused-ring (bicyclic) bond motifs is 1. The average Bonchev–Trinajstić information content (AvgIpc) is 3.84. The van der Waals surface area contributed by atoms with Gasteiger partial charge in [0.2, 0.25) is 0 Å². The molecule has 0 radical (unpaired) electrons. The first kappa shape index (κ1) is 35.3. The molecule has 12 heteroatoms. The highest BCUT2D eigenvalue weighted by Crippen LogP contribution is 2.48. The highest BCUT2D eigenvalue weighted by atomic mass is 16.6. The number of imidazole rings is 1. The van der Waals surface area contributed by atoms with Gasteiger partial charge in [-0.25, -0.2) is 15.0 Å². The summed E-state index contributed by atoms with van der Waals surface area (Å²) in [5.41, 5.74) is 2.71. The molecule has 0 bridgehead atoms.